The van der Waals surface area contributed by atoms with E-state index in [1.165, 1.54) is 26.4 Å². The van der Waals surface area contributed by atoms with Crippen LogP contribution in [-0.4, -0.2) is 83.2 Å². The molecule has 0 aliphatic carbocycles. The van der Waals surface area contributed by atoms with Gasteiger partial charge in [0.05, 0.1) is 19.8 Å². The minimum Gasteiger partial charge on any atom is -0.379 e. The summed E-state index contributed by atoms with van der Waals surface area (Å²) in [4.78, 5) is 23.7. The first-order valence-electron chi connectivity index (χ1n) is 7.73. The lowest BCUT2D eigenvalue weighted by Gasteiger charge is -2.26. The zero-order chi connectivity index (χ0) is 18.2. The smallest absolute Gasteiger partial charge is 0.243 e. The van der Waals surface area contributed by atoms with Gasteiger partial charge in [-0.25, -0.2) is 0 Å². The molecule has 1 aliphatic heterocycles. The van der Waals surface area contributed by atoms with Crippen molar-refractivity contribution in [3.63, 3.8) is 0 Å². The number of carbonyl (C=O) groups excluding carboxylic acids is 2. The highest BCUT2D eigenvalue weighted by Crippen LogP contribution is 1.94. The Bertz CT molecular complexity index is 380. The molecule has 1 aliphatic rings. The van der Waals surface area contributed by atoms with Gasteiger partial charge >= 0.3 is 0 Å². The highest BCUT2D eigenvalue weighted by atomic mass is 16.7. The van der Waals surface area contributed by atoms with Crippen LogP contribution in [0, 0.1) is 0 Å². The number of rotatable bonds is 9. The predicted molar refractivity (Wildman–Crippen MR) is 91.5 cm³/mol. The Balaban J connectivity index is 0.000000449. The molecular formula is C16H29N3O5. The Labute approximate surface area is 143 Å². The van der Waals surface area contributed by atoms with Crippen molar-refractivity contribution in [2.24, 2.45) is 0 Å². The molecule has 0 aromatic heterocycles. The lowest BCUT2D eigenvalue weighted by Crippen LogP contribution is -2.41. The molecule has 0 radical (unpaired) electrons. The highest BCUT2D eigenvalue weighted by Gasteiger charge is 2.09. The van der Waals surface area contributed by atoms with Gasteiger partial charge < -0.3 is 24.8 Å². The second-order valence-corrected chi connectivity index (χ2v) is 4.80. The fourth-order valence-corrected chi connectivity index (χ4v) is 1.75. The summed E-state index contributed by atoms with van der Waals surface area (Å²) in [5.41, 5.74) is 0. The van der Waals surface area contributed by atoms with E-state index in [1.807, 2.05) is 0 Å². The quantitative estimate of drug-likeness (QED) is 0.435. The number of morpholine rings is 1. The summed E-state index contributed by atoms with van der Waals surface area (Å²) in [7, 11) is 3.02. The van der Waals surface area contributed by atoms with Crippen LogP contribution in [0.25, 0.3) is 0 Å². The molecule has 8 heteroatoms. The van der Waals surface area contributed by atoms with Crippen LogP contribution in [0.15, 0.2) is 25.3 Å². The van der Waals surface area contributed by atoms with Gasteiger partial charge in [-0.2, -0.15) is 0 Å². The third kappa shape index (κ3) is 11.8. The van der Waals surface area contributed by atoms with Gasteiger partial charge in [-0.05, 0) is 12.2 Å². The number of hydrogen-bond acceptors (Lipinski definition) is 6. The molecule has 138 valence electrons. The average molecular weight is 343 g/mol. The van der Waals surface area contributed by atoms with Crippen molar-refractivity contribution in [2.75, 3.05) is 60.2 Å². The first-order valence-corrected chi connectivity index (χ1v) is 7.73. The van der Waals surface area contributed by atoms with E-state index in [9.17, 15) is 9.59 Å². The number of amides is 2. The first-order chi connectivity index (χ1) is 11.6. The van der Waals surface area contributed by atoms with Crippen LogP contribution >= 0.6 is 0 Å². The molecule has 0 aromatic carbocycles. The molecule has 2 amide bonds. The fraction of sp³-hybridized carbons (Fsp3) is 0.625. The number of ether oxygens (including phenoxy) is 3. The van der Waals surface area contributed by atoms with Crippen molar-refractivity contribution in [3.05, 3.63) is 25.3 Å². The van der Waals surface area contributed by atoms with Gasteiger partial charge in [0.1, 0.15) is 0 Å². The van der Waals surface area contributed by atoms with Crippen molar-refractivity contribution >= 4 is 11.8 Å². The minimum atomic E-state index is -0.390. The van der Waals surface area contributed by atoms with Crippen LogP contribution in [0.1, 0.15) is 0 Å². The van der Waals surface area contributed by atoms with Crippen molar-refractivity contribution in [1.82, 2.24) is 15.5 Å². The van der Waals surface area contributed by atoms with Gasteiger partial charge in [-0.3, -0.25) is 14.5 Å². The number of methoxy groups -OCH3 is 2. The van der Waals surface area contributed by atoms with E-state index in [4.69, 9.17) is 14.2 Å². The molecule has 8 nitrogen and oxygen atoms in total. The third-order valence-corrected chi connectivity index (χ3v) is 3.17. The molecule has 0 atom stereocenters. The summed E-state index contributed by atoms with van der Waals surface area (Å²) < 4.78 is 14.8. The lowest BCUT2D eigenvalue weighted by molar-refractivity contribution is -0.123. The Morgan fingerprint density at radius 2 is 1.67 bits per heavy atom. The van der Waals surface area contributed by atoms with Crippen LogP contribution < -0.4 is 10.6 Å². The molecule has 24 heavy (non-hydrogen) atoms. The molecule has 1 heterocycles. The number of nitrogens with zero attached hydrogens (tertiary/aromatic N) is 1. The molecule has 0 unspecified atom stereocenters. The van der Waals surface area contributed by atoms with Crippen LogP contribution in [-0.2, 0) is 23.8 Å². The van der Waals surface area contributed by atoms with Gasteiger partial charge in [-0.15, -0.1) is 0 Å². The Kier molecular flexibility index (Phi) is 13.8. The fourth-order valence-electron chi connectivity index (χ4n) is 1.75. The van der Waals surface area contributed by atoms with Gasteiger partial charge in [-0.1, -0.05) is 13.2 Å². The highest BCUT2D eigenvalue weighted by molar-refractivity contribution is 5.87. The maximum Gasteiger partial charge on any atom is 0.243 e. The largest absolute Gasteiger partial charge is 0.379 e. The molecule has 1 saturated heterocycles. The van der Waals surface area contributed by atoms with Crippen LogP contribution in [0.2, 0.25) is 0 Å². The molecule has 0 saturated carbocycles. The van der Waals surface area contributed by atoms with Crippen molar-refractivity contribution in [1.29, 1.82) is 0 Å². The molecule has 0 spiro atoms. The SMILES string of the molecule is C=CC(=O)NCC(OC)OC.C=CC(=O)NCCN1CCOCC1. The Hall–Kier alpha value is -1.74. The van der Waals surface area contributed by atoms with Crippen LogP contribution in [0.3, 0.4) is 0 Å². The van der Waals surface area contributed by atoms with E-state index in [0.29, 0.717) is 13.1 Å². The zero-order valence-electron chi connectivity index (χ0n) is 14.6. The minimum absolute atomic E-state index is 0.103. The molecular weight excluding hydrogens is 314 g/mol. The summed E-state index contributed by atoms with van der Waals surface area (Å²) in [5.74, 6) is -0.336. The van der Waals surface area contributed by atoms with Gasteiger partial charge in [0.15, 0.2) is 6.29 Å². The van der Waals surface area contributed by atoms with Crippen molar-refractivity contribution < 1.29 is 23.8 Å². The summed E-state index contributed by atoms with van der Waals surface area (Å²) in [5, 5.41) is 5.27. The summed E-state index contributed by atoms with van der Waals surface area (Å²) in [6.45, 7) is 12.1. The summed E-state index contributed by atoms with van der Waals surface area (Å²) in [6.07, 6.45) is 2.10. The van der Waals surface area contributed by atoms with Gasteiger partial charge in [0, 0.05) is 40.4 Å². The van der Waals surface area contributed by atoms with Crippen molar-refractivity contribution in [2.45, 2.75) is 6.29 Å². The monoisotopic (exact) mass is 343 g/mol. The summed E-state index contributed by atoms with van der Waals surface area (Å²) >= 11 is 0. The molecule has 2 N–H and O–H groups in total. The number of nitrogens with one attached hydrogen (secondary N) is 2. The van der Waals surface area contributed by atoms with Crippen LogP contribution in [0.4, 0.5) is 0 Å². The zero-order valence-corrected chi connectivity index (χ0v) is 14.6. The topological polar surface area (TPSA) is 89.1 Å². The lowest BCUT2D eigenvalue weighted by atomic mass is 10.4. The van der Waals surface area contributed by atoms with Gasteiger partial charge in [0.2, 0.25) is 11.8 Å². The predicted octanol–water partition coefficient (Wildman–Crippen LogP) is -0.472. The van der Waals surface area contributed by atoms with E-state index in [1.54, 1.807) is 0 Å². The third-order valence-electron chi connectivity index (χ3n) is 3.17. The van der Waals surface area contributed by atoms with E-state index in [0.717, 1.165) is 32.8 Å². The molecule has 1 rings (SSSR count). The van der Waals surface area contributed by atoms with Crippen LogP contribution in [0.5, 0.6) is 0 Å². The number of carbonyl (C=O) groups is 2. The average Bonchev–Trinajstić information content (AvgIpc) is 2.63. The van der Waals surface area contributed by atoms with E-state index in [2.05, 4.69) is 28.7 Å². The maximum absolute atomic E-state index is 10.8. The second-order valence-electron chi connectivity index (χ2n) is 4.80. The van der Waals surface area contributed by atoms with Gasteiger partial charge in [0.25, 0.3) is 0 Å². The number of hydrogen-bond donors (Lipinski definition) is 2. The Morgan fingerprint density at radius 3 is 2.17 bits per heavy atom. The first kappa shape index (κ1) is 22.3. The molecule has 1 fully saturated rings. The standard InChI is InChI=1S/C9H16N2O2.C7H13NO3/c1-2-9(12)10-3-4-11-5-7-13-8-6-11;1-4-6(9)8-5-7(10-2)11-3/h2H,1,3-8H2,(H,10,12);4,7H,1,5H2,2-3H3,(H,8,9). The van der Waals surface area contributed by atoms with Crippen molar-refractivity contribution in [3.8, 4) is 0 Å². The van der Waals surface area contributed by atoms with E-state index >= 15 is 0 Å². The maximum atomic E-state index is 10.8. The molecule has 0 bridgehead atoms. The van der Waals surface area contributed by atoms with E-state index in [-0.39, 0.29) is 18.1 Å². The molecule has 0 aromatic rings. The second kappa shape index (κ2) is 14.8. The normalized spacial score (nSPS) is 14.3. The Morgan fingerprint density at radius 1 is 1.12 bits per heavy atom. The summed E-state index contributed by atoms with van der Waals surface area (Å²) in [6, 6.07) is 0. The van der Waals surface area contributed by atoms with E-state index < -0.39 is 0 Å².